The van der Waals surface area contributed by atoms with Gasteiger partial charge in [0.05, 0.1) is 6.61 Å². The molecule has 0 aliphatic carbocycles. The van der Waals surface area contributed by atoms with Gasteiger partial charge in [-0.3, -0.25) is 4.99 Å². The number of aliphatic imine (C=N–C) groups is 1. The highest BCUT2D eigenvalue weighted by molar-refractivity contribution is 8.06. The summed E-state index contributed by atoms with van der Waals surface area (Å²) in [6.45, 7) is -2.27. The van der Waals surface area contributed by atoms with Crippen LogP contribution in [0.15, 0.2) is 4.99 Å². The van der Waals surface area contributed by atoms with E-state index in [0.29, 0.717) is 19.5 Å². The Morgan fingerprint density at radius 3 is 2.75 bits per heavy atom. The quantitative estimate of drug-likeness (QED) is 0.317. The minimum Gasteiger partial charge on any atom is -0.326 e. The standard InChI is InChI=1S/C5H13N2O3PS/c6-2-4-7-3-1-5-10-11(8,9)12/h4H,1-3,5-6H2,(H2,8,9,12). The Hall–Kier alpha value is 0.160. The van der Waals surface area contributed by atoms with Crippen molar-refractivity contribution in [1.82, 2.24) is 0 Å². The number of hydrogen-bond donors (Lipinski definition) is 3. The van der Waals surface area contributed by atoms with Gasteiger partial charge in [-0.25, -0.2) is 0 Å². The van der Waals surface area contributed by atoms with E-state index in [4.69, 9.17) is 15.5 Å². The van der Waals surface area contributed by atoms with Crippen molar-refractivity contribution in [3.05, 3.63) is 0 Å². The molecule has 0 aliphatic rings. The molecule has 0 aromatic carbocycles. The molecule has 0 amide bonds. The van der Waals surface area contributed by atoms with E-state index in [0.717, 1.165) is 0 Å². The summed E-state index contributed by atoms with van der Waals surface area (Å²) in [5, 5.41) is 0. The van der Waals surface area contributed by atoms with Crippen LogP contribution >= 0.6 is 6.72 Å². The van der Waals surface area contributed by atoms with Crippen LogP contribution < -0.4 is 5.73 Å². The summed E-state index contributed by atoms with van der Waals surface area (Å²) in [5.74, 6) is 0. The highest BCUT2D eigenvalue weighted by atomic mass is 32.5. The molecule has 0 aliphatic heterocycles. The van der Waals surface area contributed by atoms with Crippen LogP contribution in [0.5, 0.6) is 0 Å². The first-order chi connectivity index (χ1) is 5.56. The predicted molar refractivity (Wildman–Crippen MR) is 51.7 cm³/mol. The van der Waals surface area contributed by atoms with E-state index in [1.54, 1.807) is 6.21 Å². The third-order valence-corrected chi connectivity index (χ3v) is 1.76. The Labute approximate surface area is 76.5 Å². The second-order valence-electron chi connectivity index (χ2n) is 2.00. The lowest BCUT2D eigenvalue weighted by Gasteiger charge is -2.06. The van der Waals surface area contributed by atoms with Gasteiger partial charge in [0.1, 0.15) is 0 Å². The van der Waals surface area contributed by atoms with Crippen LogP contribution in [0.1, 0.15) is 6.42 Å². The maximum atomic E-state index is 8.62. The van der Waals surface area contributed by atoms with Gasteiger partial charge in [-0.1, -0.05) is 0 Å². The molecule has 7 heteroatoms. The zero-order valence-electron chi connectivity index (χ0n) is 6.59. The van der Waals surface area contributed by atoms with Crippen molar-refractivity contribution in [2.75, 3.05) is 19.7 Å². The average Bonchev–Trinajstić information content (AvgIpc) is 1.94. The zero-order chi connectivity index (χ0) is 9.45. The van der Waals surface area contributed by atoms with Gasteiger partial charge in [0.2, 0.25) is 0 Å². The van der Waals surface area contributed by atoms with Crippen LogP contribution in [0, 0.1) is 0 Å². The molecule has 0 radical (unpaired) electrons. The molecule has 0 saturated heterocycles. The van der Waals surface area contributed by atoms with Crippen LogP contribution in [0.3, 0.4) is 0 Å². The first-order valence-corrected chi connectivity index (χ1v) is 6.07. The van der Waals surface area contributed by atoms with E-state index in [-0.39, 0.29) is 6.61 Å². The highest BCUT2D eigenvalue weighted by Crippen LogP contribution is 2.36. The fraction of sp³-hybridized carbons (Fsp3) is 0.800. The second-order valence-corrected chi connectivity index (χ2v) is 4.67. The number of nitrogens with zero attached hydrogens (tertiary/aromatic N) is 1. The summed E-state index contributed by atoms with van der Waals surface area (Å²) in [6.07, 6.45) is 2.20. The fourth-order valence-corrected chi connectivity index (χ4v) is 1.10. The summed E-state index contributed by atoms with van der Waals surface area (Å²) in [7, 11) is 0. The lowest BCUT2D eigenvalue weighted by Crippen LogP contribution is -2.00. The maximum Gasteiger partial charge on any atom is 0.321 e. The van der Waals surface area contributed by atoms with Gasteiger partial charge >= 0.3 is 6.72 Å². The van der Waals surface area contributed by atoms with Gasteiger partial charge in [0, 0.05) is 19.3 Å². The van der Waals surface area contributed by atoms with E-state index in [9.17, 15) is 0 Å². The molecular weight excluding hydrogens is 199 g/mol. The van der Waals surface area contributed by atoms with Crippen molar-refractivity contribution in [1.29, 1.82) is 0 Å². The topological polar surface area (TPSA) is 88.1 Å². The van der Waals surface area contributed by atoms with Crippen LogP contribution in [0.2, 0.25) is 0 Å². The van der Waals surface area contributed by atoms with Crippen molar-refractivity contribution in [2.24, 2.45) is 10.7 Å². The van der Waals surface area contributed by atoms with Crippen molar-refractivity contribution in [2.45, 2.75) is 6.42 Å². The molecule has 0 bridgehead atoms. The molecule has 5 nitrogen and oxygen atoms in total. The summed E-state index contributed by atoms with van der Waals surface area (Å²) in [5.41, 5.74) is 5.14. The molecule has 0 spiro atoms. The minimum absolute atomic E-state index is 0.214. The third kappa shape index (κ3) is 10.2. The first kappa shape index (κ1) is 12.2. The summed E-state index contributed by atoms with van der Waals surface area (Å²) in [4.78, 5) is 21.1. The molecule has 0 heterocycles. The smallest absolute Gasteiger partial charge is 0.321 e. The molecule has 0 aromatic rings. The van der Waals surface area contributed by atoms with E-state index < -0.39 is 6.72 Å². The van der Waals surface area contributed by atoms with E-state index in [2.05, 4.69) is 21.3 Å². The van der Waals surface area contributed by atoms with Crippen molar-refractivity contribution < 1.29 is 14.3 Å². The highest BCUT2D eigenvalue weighted by Gasteiger charge is 2.05. The molecule has 0 unspecified atom stereocenters. The Morgan fingerprint density at radius 2 is 2.25 bits per heavy atom. The van der Waals surface area contributed by atoms with E-state index >= 15 is 0 Å². The Morgan fingerprint density at radius 1 is 1.58 bits per heavy atom. The average molecular weight is 212 g/mol. The molecule has 0 atom stereocenters. The van der Waals surface area contributed by atoms with Crippen LogP contribution in [0.25, 0.3) is 0 Å². The van der Waals surface area contributed by atoms with Gasteiger partial charge in [-0.2, -0.15) is 0 Å². The summed E-state index contributed by atoms with van der Waals surface area (Å²) in [6, 6.07) is 0. The number of nitrogens with two attached hydrogens (primary N) is 1. The maximum absolute atomic E-state index is 8.62. The van der Waals surface area contributed by atoms with E-state index in [1.165, 1.54) is 0 Å². The Balaban J connectivity index is 3.22. The van der Waals surface area contributed by atoms with Crippen molar-refractivity contribution in [3.63, 3.8) is 0 Å². The van der Waals surface area contributed by atoms with Gasteiger partial charge in [0.25, 0.3) is 0 Å². The SMILES string of the molecule is NCC=NCCCOP(O)(O)=S. The van der Waals surface area contributed by atoms with Crippen LogP contribution in [-0.4, -0.2) is 35.7 Å². The normalized spacial score (nSPS) is 12.6. The number of hydrogen-bond acceptors (Lipinski definition) is 4. The fourth-order valence-electron chi connectivity index (χ4n) is 0.505. The molecule has 0 saturated carbocycles. The van der Waals surface area contributed by atoms with E-state index in [1.807, 2.05) is 0 Å². The summed E-state index contributed by atoms with van der Waals surface area (Å²) < 4.78 is 4.54. The van der Waals surface area contributed by atoms with Crippen molar-refractivity contribution in [3.8, 4) is 0 Å². The third-order valence-electron chi connectivity index (χ3n) is 0.926. The largest absolute Gasteiger partial charge is 0.326 e. The van der Waals surface area contributed by atoms with Crippen LogP contribution in [0.4, 0.5) is 0 Å². The van der Waals surface area contributed by atoms with Gasteiger partial charge < -0.3 is 20.0 Å². The van der Waals surface area contributed by atoms with Crippen molar-refractivity contribution >= 4 is 24.7 Å². The first-order valence-electron chi connectivity index (χ1n) is 3.44. The molecule has 0 rings (SSSR count). The molecule has 4 N–H and O–H groups in total. The molecule has 72 valence electrons. The predicted octanol–water partition coefficient (Wildman–Crippen LogP) is -0.368. The minimum atomic E-state index is -3.46. The van der Waals surface area contributed by atoms with Gasteiger partial charge in [-0.15, -0.1) is 0 Å². The second kappa shape index (κ2) is 6.65. The molecule has 0 aromatic heterocycles. The lowest BCUT2D eigenvalue weighted by atomic mass is 10.5. The molecule has 12 heavy (non-hydrogen) atoms. The Bertz CT molecular complexity index is 182. The monoisotopic (exact) mass is 212 g/mol. The van der Waals surface area contributed by atoms with Gasteiger partial charge in [-0.05, 0) is 18.2 Å². The zero-order valence-corrected chi connectivity index (χ0v) is 8.30. The lowest BCUT2D eigenvalue weighted by molar-refractivity contribution is 0.250. The Kier molecular flexibility index (Phi) is 6.74. The van der Waals surface area contributed by atoms with Crippen LogP contribution in [-0.2, 0) is 16.3 Å². The number of rotatable bonds is 6. The molecular formula is C5H13N2O3PS. The molecule has 0 fully saturated rings. The van der Waals surface area contributed by atoms with Gasteiger partial charge in [0.15, 0.2) is 0 Å². The summed E-state index contributed by atoms with van der Waals surface area (Å²) >= 11 is 4.23.